The first kappa shape index (κ1) is 14.3. The van der Waals surface area contributed by atoms with Crippen LogP contribution in [0.1, 0.15) is 15.9 Å². The number of hydrogen-bond donors (Lipinski definition) is 0. The van der Waals surface area contributed by atoms with Gasteiger partial charge in [0.25, 0.3) is 5.69 Å². The van der Waals surface area contributed by atoms with Crippen LogP contribution in [0.15, 0.2) is 53.4 Å². The summed E-state index contributed by atoms with van der Waals surface area (Å²) in [6.45, 7) is 0. The Kier molecular flexibility index (Phi) is 4.90. The highest BCUT2D eigenvalue weighted by atomic mass is 32.2. The molecule has 0 aliphatic rings. The van der Waals surface area contributed by atoms with E-state index in [9.17, 15) is 14.9 Å². The van der Waals surface area contributed by atoms with Gasteiger partial charge in [-0.3, -0.25) is 14.9 Å². The van der Waals surface area contributed by atoms with Gasteiger partial charge >= 0.3 is 0 Å². The SMILES string of the molecule is O=Cc1ccc(SCCc2ccccc2[N+](=O)[O-])cc1. The van der Waals surface area contributed by atoms with Crippen LogP contribution in [0.3, 0.4) is 0 Å². The van der Waals surface area contributed by atoms with Crippen molar-refractivity contribution in [3.05, 3.63) is 69.8 Å². The fourth-order valence-corrected chi connectivity index (χ4v) is 2.71. The van der Waals surface area contributed by atoms with Gasteiger partial charge in [0.2, 0.25) is 0 Å². The Balaban J connectivity index is 1.95. The molecular weight excluding hydrogens is 274 g/mol. The molecule has 0 radical (unpaired) electrons. The summed E-state index contributed by atoms with van der Waals surface area (Å²) in [5.74, 6) is 0.755. The molecule has 0 amide bonds. The zero-order chi connectivity index (χ0) is 14.4. The highest BCUT2D eigenvalue weighted by molar-refractivity contribution is 7.99. The molecule has 102 valence electrons. The standard InChI is InChI=1S/C15H13NO3S/c17-11-12-5-7-14(8-6-12)20-10-9-13-3-1-2-4-15(13)16(18)19/h1-8,11H,9-10H2. The van der Waals surface area contributed by atoms with Crippen LogP contribution in [0.25, 0.3) is 0 Å². The van der Waals surface area contributed by atoms with Crippen LogP contribution in [0.5, 0.6) is 0 Å². The highest BCUT2D eigenvalue weighted by Crippen LogP contribution is 2.23. The van der Waals surface area contributed by atoms with E-state index in [4.69, 9.17) is 0 Å². The van der Waals surface area contributed by atoms with Gasteiger partial charge < -0.3 is 0 Å². The summed E-state index contributed by atoms with van der Waals surface area (Å²) in [5, 5.41) is 10.9. The summed E-state index contributed by atoms with van der Waals surface area (Å²) in [5.41, 5.74) is 1.56. The number of aldehydes is 1. The molecule has 0 N–H and O–H groups in total. The topological polar surface area (TPSA) is 60.2 Å². The van der Waals surface area contributed by atoms with Crippen LogP contribution in [0, 0.1) is 10.1 Å². The molecule has 0 bridgehead atoms. The van der Waals surface area contributed by atoms with E-state index in [1.807, 2.05) is 18.2 Å². The van der Waals surface area contributed by atoms with E-state index in [0.717, 1.165) is 22.5 Å². The van der Waals surface area contributed by atoms with Gasteiger partial charge in [0.1, 0.15) is 6.29 Å². The average molecular weight is 287 g/mol. The first-order valence-electron chi connectivity index (χ1n) is 6.11. The molecule has 5 heteroatoms. The van der Waals surface area contributed by atoms with Gasteiger partial charge in [-0.05, 0) is 18.6 Å². The minimum Gasteiger partial charge on any atom is -0.298 e. The van der Waals surface area contributed by atoms with Gasteiger partial charge in [-0.25, -0.2) is 0 Å². The van der Waals surface area contributed by atoms with Crippen molar-refractivity contribution in [2.45, 2.75) is 11.3 Å². The molecule has 2 rings (SSSR count). The molecule has 0 spiro atoms. The number of thioether (sulfide) groups is 1. The molecule has 0 saturated carbocycles. The molecular formula is C15H13NO3S. The fourth-order valence-electron chi connectivity index (χ4n) is 1.82. The molecule has 0 aliphatic heterocycles. The number of rotatable bonds is 6. The van der Waals surface area contributed by atoms with E-state index in [-0.39, 0.29) is 10.6 Å². The summed E-state index contributed by atoms with van der Waals surface area (Å²) in [6.07, 6.45) is 1.44. The summed E-state index contributed by atoms with van der Waals surface area (Å²) in [4.78, 5) is 22.1. The van der Waals surface area contributed by atoms with E-state index in [1.165, 1.54) is 6.07 Å². The molecule has 0 saturated heterocycles. The van der Waals surface area contributed by atoms with Crippen LogP contribution in [0.4, 0.5) is 5.69 Å². The molecule has 0 aliphatic carbocycles. The number of nitro groups is 1. The van der Waals surface area contributed by atoms with E-state index < -0.39 is 0 Å². The number of hydrogen-bond acceptors (Lipinski definition) is 4. The van der Waals surface area contributed by atoms with Crippen molar-refractivity contribution in [3.8, 4) is 0 Å². The number of nitrogens with zero attached hydrogens (tertiary/aromatic N) is 1. The number of aryl methyl sites for hydroxylation is 1. The van der Waals surface area contributed by atoms with E-state index >= 15 is 0 Å². The maximum atomic E-state index is 10.9. The summed E-state index contributed by atoms with van der Waals surface area (Å²) in [7, 11) is 0. The lowest BCUT2D eigenvalue weighted by molar-refractivity contribution is -0.385. The number of nitro benzene ring substituents is 1. The van der Waals surface area contributed by atoms with Crippen molar-refractivity contribution in [3.63, 3.8) is 0 Å². The fraction of sp³-hybridized carbons (Fsp3) is 0.133. The largest absolute Gasteiger partial charge is 0.298 e. The predicted molar refractivity (Wildman–Crippen MR) is 79.4 cm³/mol. The van der Waals surface area contributed by atoms with Crippen LogP contribution in [-0.2, 0) is 6.42 Å². The first-order chi connectivity index (χ1) is 9.70. The van der Waals surface area contributed by atoms with Crippen LogP contribution in [0.2, 0.25) is 0 Å². The van der Waals surface area contributed by atoms with Crippen molar-refractivity contribution in [1.29, 1.82) is 0 Å². The second-order valence-electron chi connectivity index (χ2n) is 4.17. The summed E-state index contributed by atoms with van der Waals surface area (Å²) < 4.78 is 0. The zero-order valence-corrected chi connectivity index (χ0v) is 11.5. The maximum Gasteiger partial charge on any atom is 0.272 e. The van der Waals surface area contributed by atoms with Crippen molar-refractivity contribution in [1.82, 2.24) is 0 Å². The predicted octanol–water partition coefficient (Wildman–Crippen LogP) is 3.74. The lowest BCUT2D eigenvalue weighted by atomic mass is 10.1. The maximum absolute atomic E-state index is 10.9. The monoisotopic (exact) mass is 287 g/mol. The molecule has 0 atom stereocenters. The third kappa shape index (κ3) is 3.68. The van der Waals surface area contributed by atoms with Crippen LogP contribution < -0.4 is 0 Å². The number of carbonyl (C=O) groups is 1. The molecule has 2 aromatic carbocycles. The normalized spacial score (nSPS) is 10.2. The molecule has 0 aromatic heterocycles. The molecule has 0 heterocycles. The Morgan fingerprint density at radius 1 is 1.10 bits per heavy atom. The lowest BCUT2D eigenvalue weighted by Gasteiger charge is -2.03. The van der Waals surface area contributed by atoms with Gasteiger partial charge in [0, 0.05) is 27.8 Å². The third-order valence-corrected chi connectivity index (χ3v) is 3.86. The van der Waals surface area contributed by atoms with Gasteiger partial charge in [-0.2, -0.15) is 0 Å². The van der Waals surface area contributed by atoms with Crippen molar-refractivity contribution in [2.24, 2.45) is 0 Å². The first-order valence-corrected chi connectivity index (χ1v) is 7.09. The number of para-hydroxylation sites is 1. The smallest absolute Gasteiger partial charge is 0.272 e. The lowest BCUT2D eigenvalue weighted by Crippen LogP contribution is -1.96. The molecule has 20 heavy (non-hydrogen) atoms. The van der Waals surface area contributed by atoms with Gasteiger partial charge in [-0.1, -0.05) is 30.3 Å². The Hall–Kier alpha value is -2.14. The molecule has 0 fully saturated rings. The van der Waals surface area contributed by atoms with Gasteiger partial charge in [0.05, 0.1) is 4.92 Å². The molecule has 4 nitrogen and oxygen atoms in total. The Morgan fingerprint density at radius 2 is 1.80 bits per heavy atom. The van der Waals surface area contributed by atoms with Crippen molar-refractivity contribution in [2.75, 3.05) is 5.75 Å². The average Bonchev–Trinajstić information content (AvgIpc) is 2.48. The second kappa shape index (κ2) is 6.86. The Morgan fingerprint density at radius 3 is 2.45 bits per heavy atom. The van der Waals surface area contributed by atoms with Crippen molar-refractivity contribution < 1.29 is 9.72 Å². The highest BCUT2D eigenvalue weighted by Gasteiger charge is 2.11. The number of carbonyl (C=O) groups excluding carboxylic acids is 1. The summed E-state index contributed by atoms with van der Waals surface area (Å²) in [6, 6.07) is 14.1. The number of benzene rings is 2. The third-order valence-electron chi connectivity index (χ3n) is 2.84. The Bertz CT molecular complexity index is 611. The summed E-state index contributed by atoms with van der Waals surface area (Å²) >= 11 is 1.62. The van der Waals surface area contributed by atoms with Crippen LogP contribution >= 0.6 is 11.8 Å². The second-order valence-corrected chi connectivity index (χ2v) is 5.34. The van der Waals surface area contributed by atoms with Gasteiger partial charge in [0.15, 0.2) is 0 Å². The molecule has 2 aromatic rings. The van der Waals surface area contributed by atoms with E-state index in [1.54, 1.807) is 36.0 Å². The minimum atomic E-state index is -0.348. The quantitative estimate of drug-likeness (QED) is 0.351. The van der Waals surface area contributed by atoms with Crippen molar-refractivity contribution >= 4 is 23.7 Å². The Labute approximate surface area is 121 Å². The molecule has 0 unspecified atom stereocenters. The van der Waals surface area contributed by atoms with Crippen LogP contribution in [-0.4, -0.2) is 17.0 Å². The van der Waals surface area contributed by atoms with E-state index in [2.05, 4.69) is 0 Å². The van der Waals surface area contributed by atoms with E-state index in [0.29, 0.717) is 12.0 Å². The van der Waals surface area contributed by atoms with Gasteiger partial charge in [-0.15, -0.1) is 11.8 Å². The minimum absolute atomic E-state index is 0.171. The zero-order valence-electron chi connectivity index (χ0n) is 10.7.